The lowest BCUT2D eigenvalue weighted by Gasteiger charge is -2.15. The van der Waals surface area contributed by atoms with Crippen molar-refractivity contribution in [3.63, 3.8) is 0 Å². The van der Waals surface area contributed by atoms with E-state index in [1.807, 2.05) is 19.3 Å². The van der Waals surface area contributed by atoms with Crippen LogP contribution in [0, 0.1) is 6.92 Å². The summed E-state index contributed by atoms with van der Waals surface area (Å²) in [6.07, 6.45) is 1.86. The first kappa shape index (κ1) is 11.8. The second kappa shape index (κ2) is 5.08. The summed E-state index contributed by atoms with van der Waals surface area (Å²) in [6.45, 7) is 2.08. The van der Waals surface area contributed by atoms with Crippen LogP contribution in [0.1, 0.15) is 22.2 Å². The van der Waals surface area contributed by atoms with Crippen LogP contribution >= 0.6 is 27.3 Å². The molecule has 1 N–H and O–H groups in total. The summed E-state index contributed by atoms with van der Waals surface area (Å²) in [5.41, 5.74) is 2.29. The average molecular weight is 297 g/mol. The molecule has 0 aliphatic rings. The third kappa shape index (κ3) is 2.34. The summed E-state index contributed by atoms with van der Waals surface area (Å²) in [5, 5.41) is 5.39. The highest BCUT2D eigenvalue weighted by molar-refractivity contribution is 9.10. The van der Waals surface area contributed by atoms with Crippen LogP contribution < -0.4 is 5.32 Å². The van der Waals surface area contributed by atoms with Crippen LogP contribution in [0.2, 0.25) is 0 Å². The van der Waals surface area contributed by atoms with E-state index in [0.29, 0.717) is 0 Å². The van der Waals surface area contributed by atoms with E-state index in [0.717, 1.165) is 10.2 Å². The largest absolute Gasteiger partial charge is 0.307 e. The number of aryl methyl sites for hydroxylation is 1. The van der Waals surface area contributed by atoms with Gasteiger partial charge in [0.25, 0.3) is 0 Å². The van der Waals surface area contributed by atoms with Crippen LogP contribution in [-0.2, 0) is 0 Å². The molecule has 0 aliphatic heterocycles. The zero-order chi connectivity index (χ0) is 11.5. The first-order valence-electron chi connectivity index (χ1n) is 5.05. The third-order valence-corrected chi connectivity index (χ3v) is 4.36. The Morgan fingerprint density at radius 2 is 2.25 bits per heavy atom. The highest BCUT2D eigenvalue weighted by Gasteiger charge is 2.17. The second-order valence-electron chi connectivity index (χ2n) is 3.61. The van der Waals surface area contributed by atoms with Gasteiger partial charge in [0.2, 0.25) is 0 Å². The van der Waals surface area contributed by atoms with Crippen molar-refractivity contribution in [2.75, 3.05) is 7.05 Å². The van der Waals surface area contributed by atoms with Gasteiger partial charge in [0.1, 0.15) is 0 Å². The Labute approximate surface area is 108 Å². The fourth-order valence-corrected chi connectivity index (χ4v) is 3.36. The SMILES string of the molecule is CNC(c1cc(C)ccn1)c1sccc1Br. The molecular formula is C12H13BrN2S. The smallest absolute Gasteiger partial charge is 0.0854 e. The third-order valence-electron chi connectivity index (χ3n) is 2.43. The van der Waals surface area contributed by atoms with Crippen molar-refractivity contribution >= 4 is 27.3 Å². The van der Waals surface area contributed by atoms with Crippen molar-refractivity contribution in [1.29, 1.82) is 0 Å². The Balaban J connectivity index is 2.40. The van der Waals surface area contributed by atoms with Gasteiger partial charge in [0, 0.05) is 15.5 Å². The average Bonchev–Trinajstić information content (AvgIpc) is 2.67. The van der Waals surface area contributed by atoms with Gasteiger partial charge in [0.15, 0.2) is 0 Å². The minimum atomic E-state index is 0.161. The molecule has 0 saturated carbocycles. The van der Waals surface area contributed by atoms with Gasteiger partial charge >= 0.3 is 0 Å². The van der Waals surface area contributed by atoms with Crippen molar-refractivity contribution in [2.24, 2.45) is 0 Å². The molecule has 1 unspecified atom stereocenters. The van der Waals surface area contributed by atoms with E-state index in [4.69, 9.17) is 0 Å². The fourth-order valence-electron chi connectivity index (χ4n) is 1.64. The van der Waals surface area contributed by atoms with E-state index in [9.17, 15) is 0 Å². The number of hydrogen-bond acceptors (Lipinski definition) is 3. The molecule has 2 rings (SSSR count). The summed E-state index contributed by atoms with van der Waals surface area (Å²) in [4.78, 5) is 5.70. The van der Waals surface area contributed by atoms with Crippen LogP contribution in [0.3, 0.4) is 0 Å². The van der Waals surface area contributed by atoms with Gasteiger partial charge < -0.3 is 5.32 Å². The molecule has 0 aromatic carbocycles. The van der Waals surface area contributed by atoms with E-state index in [-0.39, 0.29) is 6.04 Å². The molecular weight excluding hydrogens is 284 g/mol. The number of rotatable bonds is 3. The van der Waals surface area contributed by atoms with E-state index in [1.54, 1.807) is 11.3 Å². The molecule has 0 bridgehead atoms. The van der Waals surface area contributed by atoms with Crippen LogP contribution in [0.15, 0.2) is 34.2 Å². The Morgan fingerprint density at radius 1 is 1.44 bits per heavy atom. The minimum absolute atomic E-state index is 0.161. The first-order valence-corrected chi connectivity index (χ1v) is 6.72. The molecule has 84 valence electrons. The maximum Gasteiger partial charge on any atom is 0.0854 e. The van der Waals surface area contributed by atoms with Crippen LogP contribution in [-0.4, -0.2) is 12.0 Å². The van der Waals surface area contributed by atoms with Crippen LogP contribution in [0.25, 0.3) is 0 Å². The Kier molecular flexibility index (Phi) is 3.74. The number of pyridine rings is 1. The van der Waals surface area contributed by atoms with Gasteiger partial charge in [-0.25, -0.2) is 0 Å². The summed E-state index contributed by atoms with van der Waals surface area (Å²) in [5.74, 6) is 0. The molecule has 4 heteroatoms. The predicted octanol–water partition coefficient (Wildman–Crippen LogP) is 3.52. The topological polar surface area (TPSA) is 24.9 Å². The minimum Gasteiger partial charge on any atom is -0.307 e. The molecule has 0 aliphatic carbocycles. The second-order valence-corrected chi connectivity index (χ2v) is 5.41. The summed E-state index contributed by atoms with van der Waals surface area (Å²) in [6, 6.07) is 6.36. The van der Waals surface area contributed by atoms with Gasteiger partial charge in [-0.1, -0.05) is 0 Å². The van der Waals surface area contributed by atoms with Crippen molar-refractivity contribution < 1.29 is 0 Å². The van der Waals surface area contributed by atoms with Gasteiger partial charge in [-0.15, -0.1) is 11.3 Å². The number of thiophene rings is 1. The standard InChI is InChI=1S/C12H13BrN2S/c1-8-3-5-15-10(7-8)11(14-2)12-9(13)4-6-16-12/h3-7,11,14H,1-2H3. The van der Waals surface area contributed by atoms with E-state index in [2.05, 4.69) is 50.7 Å². The van der Waals surface area contributed by atoms with Gasteiger partial charge in [-0.2, -0.15) is 0 Å². The molecule has 0 saturated heterocycles. The van der Waals surface area contributed by atoms with E-state index < -0.39 is 0 Å². The Bertz CT molecular complexity index is 481. The lowest BCUT2D eigenvalue weighted by molar-refractivity contribution is 0.679. The summed E-state index contributed by atoms with van der Waals surface area (Å²) in [7, 11) is 1.96. The molecule has 2 aromatic rings. The van der Waals surface area contributed by atoms with Crippen molar-refractivity contribution in [2.45, 2.75) is 13.0 Å². The number of aromatic nitrogens is 1. The lowest BCUT2D eigenvalue weighted by Crippen LogP contribution is -2.18. The highest BCUT2D eigenvalue weighted by atomic mass is 79.9. The summed E-state index contributed by atoms with van der Waals surface area (Å²) >= 11 is 5.30. The quantitative estimate of drug-likeness (QED) is 0.937. The van der Waals surface area contributed by atoms with Crippen LogP contribution in [0.5, 0.6) is 0 Å². The highest BCUT2D eigenvalue weighted by Crippen LogP contribution is 2.32. The molecule has 0 radical (unpaired) electrons. The molecule has 2 aromatic heterocycles. The maximum atomic E-state index is 4.43. The van der Waals surface area contributed by atoms with Gasteiger partial charge in [0.05, 0.1) is 11.7 Å². The molecule has 16 heavy (non-hydrogen) atoms. The number of nitrogens with zero attached hydrogens (tertiary/aromatic N) is 1. The number of halogens is 1. The number of hydrogen-bond donors (Lipinski definition) is 1. The zero-order valence-corrected chi connectivity index (χ0v) is 11.6. The molecule has 0 amide bonds. The van der Waals surface area contributed by atoms with E-state index >= 15 is 0 Å². The summed E-state index contributed by atoms with van der Waals surface area (Å²) < 4.78 is 1.14. The van der Waals surface area contributed by atoms with E-state index in [1.165, 1.54) is 10.4 Å². The van der Waals surface area contributed by atoms with Crippen molar-refractivity contribution in [3.05, 3.63) is 50.4 Å². The monoisotopic (exact) mass is 296 g/mol. The molecule has 2 heterocycles. The van der Waals surface area contributed by atoms with Gasteiger partial charge in [-0.05, 0) is 59.0 Å². The molecule has 1 atom stereocenters. The van der Waals surface area contributed by atoms with Crippen LogP contribution in [0.4, 0.5) is 0 Å². The molecule has 2 nitrogen and oxygen atoms in total. The fraction of sp³-hybridized carbons (Fsp3) is 0.250. The van der Waals surface area contributed by atoms with Crippen molar-refractivity contribution in [1.82, 2.24) is 10.3 Å². The molecule has 0 spiro atoms. The maximum absolute atomic E-state index is 4.43. The van der Waals surface area contributed by atoms with Gasteiger partial charge in [-0.3, -0.25) is 4.98 Å². The Hall–Kier alpha value is -0.710. The first-order chi connectivity index (χ1) is 7.72. The predicted molar refractivity (Wildman–Crippen MR) is 71.9 cm³/mol. The lowest BCUT2D eigenvalue weighted by atomic mass is 10.1. The molecule has 0 fully saturated rings. The normalized spacial score (nSPS) is 12.7. The van der Waals surface area contributed by atoms with Crippen molar-refractivity contribution in [3.8, 4) is 0 Å². The number of nitrogens with one attached hydrogen (secondary N) is 1. The Morgan fingerprint density at radius 3 is 2.81 bits per heavy atom. The zero-order valence-electron chi connectivity index (χ0n) is 9.20.